The lowest BCUT2D eigenvalue weighted by molar-refractivity contribution is 0.668. The van der Waals surface area contributed by atoms with Crippen LogP contribution in [-0.4, -0.2) is 19.5 Å². The number of para-hydroxylation sites is 2. The molecule has 14 aromatic rings. The number of hydrogen-bond acceptors (Lipinski definition) is 5. The van der Waals surface area contributed by atoms with Crippen molar-refractivity contribution in [2.45, 2.75) is 0 Å². The molecule has 0 aliphatic heterocycles. The summed E-state index contributed by atoms with van der Waals surface area (Å²) in [7, 11) is 0. The lowest BCUT2D eigenvalue weighted by atomic mass is 9.99. The second kappa shape index (κ2) is 12.9. The molecule has 0 unspecified atom stereocenters. The summed E-state index contributed by atoms with van der Waals surface area (Å²) in [5.74, 6) is 1.65. The van der Waals surface area contributed by atoms with E-state index in [1.54, 1.807) is 0 Å². The zero-order chi connectivity index (χ0) is 41.2. The van der Waals surface area contributed by atoms with E-state index < -0.39 is 0 Å². The maximum Gasteiger partial charge on any atom is 0.238 e. The molecule has 0 spiro atoms. The Morgan fingerprint density at radius 3 is 1.75 bits per heavy atom. The lowest BCUT2D eigenvalue weighted by Crippen LogP contribution is -2.07. The van der Waals surface area contributed by atoms with Gasteiger partial charge >= 0.3 is 0 Å². The summed E-state index contributed by atoms with van der Waals surface area (Å²) < 4.78 is 15.3. The molecule has 0 radical (unpaired) electrons. The molecule has 10 aromatic carbocycles. The fourth-order valence-electron chi connectivity index (χ4n) is 9.89. The van der Waals surface area contributed by atoms with Crippen molar-refractivity contribution in [2.75, 3.05) is 0 Å². The van der Waals surface area contributed by atoms with Gasteiger partial charge in [-0.25, -0.2) is 4.98 Å². The number of furan rings is 2. The van der Waals surface area contributed by atoms with E-state index in [9.17, 15) is 0 Å². The summed E-state index contributed by atoms with van der Waals surface area (Å²) in [5, 5.41) is 13.4. The molecule has 0 atom stereocenters. The Bertz CT molecular complexity index is 4230. The van der Waals surface area contributed by atoms with Gasteiger partial charge in [0.15, 0.2) is 11.6 Å². The standard InChI is InChI=1S/C57H32N4O2/c1-2-13-36-30-38(21-20-33(36)10-1)55-58-56(39-24-26-44-43-16-7-8-19-48(43)62-50(44)32-39)60-57(59-55)61-53-41-15-6-4-12-35(41)22-27-46(53)45-18-9-17-42(54(45)61)37-23-28-47-51(31-37)63-49-29-25-34-11-3-5-14-40(34)52(47)49/h1-32H. The molecular formula is C57H32N4O2. The molecule has 4 aromatic heterocycles. The molecule has 6 heteroatoms. The molecule has 0 bridgehead atoms. The van der Waals surface area contributed by atoms with Gasteiger partial charge in [-0.3, -0.25) is 4.57 Å². The molecule has 63 heavy (non-hydrogen) atoms. The smallest absolute Gasteiger partial charge is 0.238 e. The number of benzene rings is 10. The van der Waals surface area contributed by atoms with Gasteiger partial charge in [-0.15, -0.1) is 0 Å². The van der Waals surface area contributed by atoms with Crippen LogP contribution in [0.1, 0.15) is 0 Å². The molecule has 292 valence electrons. The minimum atomic E-state index is 0.521. The fourth-order valence-corrected chi connectivity index (χ4v) is 9.89. The zero-order valence-corrected chi connectivity index (χ0v) is 33.6. The zero-order valence-electron chi connectivity index (χ0n) is 33.6. The fraction of sp³-hybridized carbons (Fsp3) is 0. The highest BCUT2D eigenvalue weighted by molar-refractivity contribution is 6.22. The van der Waals surface area contributed by atoms with Crippen LogP contribution in [0.2, 0.25) is 0 Å². The average molecular weight is 805 g/mol. The van der Waals surface area contributed by atoms with Gasteiger partial charge in [-0.2, -0.15) is 9.97 Å². The van der Waals surface area contributed by atoms with Gasteiger partial charge in [0.2, 0.25) is 5.95 Å². The van der Waals surface area contributed by atoms with Crippen LogP contribution in [0.15, 0.2) is 203 Å². The molecule has 0 fully saturated rings. The Morgan fingerprint density at radius 2 is 0.873 bits per heavy atom. The van der Waals surface area contributed by atoms with Crippen molar-refractivity contribution in [1.82, 2.24) is 19.5 Å². The van der Waals surface area contributed by atoms with E-state index in [1.807, 2.05) is 18.2 Å². The van der Waals surface area contributed by atoms with Crippen LogP contribution < -0.4 is 0 Å². The van der Waals surface area contributed by atoms with Crippen LogP contribution in [0.5, 0.6) is 0 Å². The van der Waals surface area contributed by atoms with E-state index in [0.717, 1.165) is 109 Å². The predicted octanol–water partition coefficient (Wildman–Crippen LogP) is 15.2. The summed E-state index contributed by atoms with van der Waals surface area (Å²) in [6.07, 6.45) is 0. The van der Waals surface area contributed by atoms with E-state index in [4.69, 9.17) is 23.8 Å². The number of aromatic nitrogens is 4. The molecule has 0 aliphatic rings. The van der Waals surface area contributed by atoms with Gasteiger partial charge in [0.05, 0.1) is 11.0 Å². The van der Waals surface area contributed by atoms with Crippen molar-refractivity contribution in [3.05, 3.63) is 194 Å². The summed E-state index contributed by atoms with van der Waals surface area (Å²) >= 11 is 0. The van der Waals surface area contributed by atoms with Gasteiger partial charge < -0.3 is 8.83 Å². The van der Waals surface area contributed by atoms with E-state index >= 15 is 0 Å². The maximum absolute atomic E-state index is 6.63. The Morgan fingerprint density at radius 1 is 0.317 bits per heavy atom. The minimum absolute atomic E-state index is 0.521. The van der Waals surface area contributed by atoms with Gasteiger partial charge in [0.25, 0.3) is 0 Å². The molecule has 6 nitrogen and oxygen atoms in total. The summed E-state index contributed by atoms with van der Waals surface area (Å²) in [4.78, 5) is 16.1. The van der Waals surface area contributed by atoms with Crippen molar-refractivity contribution < 1.29 is 8.83 Å². The first-order valence-electron chi connectivity index (χ1n) is 21.2. The third-order valence-corrected chi connectivity index (χ3v) is 12.8. The third kappa shape index (κ3) is 5.09. The van der Waals surface area contributed by atoms with Crippen LogP contribution in [0, 0.1) is 0 Å². The quantitative estimate of drug-likeness (QED) is 0.177. The molecule has 0 N–H and O–H groups in total. The monoisotopic (exact) mass is 804 g/mol. The Hall–Kier alpha value is -8.61. The molecule has 0 saturated heterocycles. The van der Waals surface area contributed by atoms with Gasteiger partial charge in [-0.1, -0.05) is 152 Å². The summed E-state index contributed by atoms with van der Waals surface area (Å²) in [5.41, 5.74) is 9.17. The molecular weight excluding hydrogens is 773 g/mol. The third-order valence-electron chi connectivity index (χ3n) is 12.8. The van der Waals surface area contributed by atoms with E-state index in [0.29, 0.717) is 17.6 Å². The van der Waals surface area contributed by atoms with Crippen molar-refractivity contribution >= 4 is 98.0 Å². The Balaban J connectivity index is 1.07. The van der Waals surface area contributed by atoms with E-state index in [2.05, 4.69) is 180 Å². The molecule has 14 rings (SSSR count). The molecule has 0 amide bonds. The second-order valence-corrected chi connectivity index (χ2v) is 16.3. The molecule has 4 heterocycles. The Labute approximate surface area is 358 Å². The van der Waals surface area contributed by atoms with Crippen molar-refractivity contribution in [3.63, 3.8) is 0 Å². The highest BCUT2D eigenvalue weighted by atomic mass is 16.3. The van der Waals surface area contributed by atoms with Crippen molar-refractivity contribution in [1.29, 1.82) is 0 Å². The van der Waals surface area contributed by atoms with Crippen molar-refractivity contribution in [3.8, 4) is 39.9 Å². The first kappa shape index (κ1) is 34.1. The number of nitrogens with zero attached hydrogens (tertiary/aromatic N) is 4. The van der Waals surface area contributed by atoms with Crippen LogP contribution in [0.3, 0.4) is 0 Å². The molecule has 0 saturated carbocycles. The maximum atomic E-state index is 6.63. The highest BCUT2D eigenvalue weighted by Gasteiger charge is 2.23. The van der Waals surface area contributed by atoms with E-state index in [-0.39, 0.29) is 0 Å². The number of rotatable bonds is 4. The Kier molecular flexibility index (Phi) is 7.02. The van der Waals surface area contributed by atoms with E-state index in [1.165, 1.54) is 10.8 Å². The summed E-state index contributed by atoms with van der Waals surface area (Å²) in [6, 6.07) is 68.0. The second-order valence-electron chi connectivity index (χ2n) is 16.3. The number of hydrogen-bond donors (Lipinski definition) is 0. The van der Waals surface area contributed by atoms with Gasteiger partial charge in [-0.05, 0) is 75.0 Å². The van der Waals surface area contributed by atoms with Gasteiger partial charge in [0, 0.05) is 54.4 Å². The van der Waals surface area contributed by atoms with Crippen LogP contribution >= 0.6 is 0 Å². The number of fused-ring (bicyclic) bond motifs is 14. The largest absolute Gasteiger partial charge is 0.456 e. The topological polar surface area (TPSA) is 69.9 Å². The van der Waals surface area contributed by atoms with Crippen LogP contribution in [0.4, 0.5) is 0 Å². The normalized spacial score (nSPS) is 12.1. The molecule has 0 aliphatic carbocycles. The summed E-state index contributed by atoms with van der Waals surface area (Å²) in [6.45, 7) is 0. The first-order chi connectivity index (χ1) is 31.2. The lowest BCUT2D eigenvalue weighted by Gasteiger charge is -2.14. The van der Waals surface area contributed by atoms with Crippen LogP contribution in [0.25, 0.3) is 138 Å². The minimum Gasteiger partial charge on any atom is -0.456 e. The highest BCUT2D eigenvalue weighted by Crippen LogP contribution is 2.43. The first-order valence-corrected chi connectivity index (χ1v) is 21.2. The average Bonchev–Trinajstić information content (AvgIpc) is 4.03. The van der Waals surface area contributed by atoms with Crippen LogP contribution in [-0.2, 0) is 0 Å². The van der Waals surface area contributed by atoms with Crippen molar-refractivity contribution in [2.24, 2.45) is 0 Å². The predicted molar refractivity (Wildman–Crippen MR) is 258 cm³/mol. The SMILES string of the molecule is c1ccc2cc(-c3nc(-c4ccc5c(c4)oc4ccccc45)nc(-n4c5c(-c6ccc7c(c6)oc6ccc8ccccc8c67)cccc5c5ccc6ccccc6c54)n3)ccc2c1. The van der Waals surface area contributed by atoms with Gasteiger partial charge in [0.1, 0.15) is 22.3 Å².